The van der Waals surface area contributed by atoms with Gasteiger partial charge in [0, 0.05) is 14.1 Å². The Morgan fingerprint density at radius 1 is 1.09 bits per heavy atom. The molecular weight excluding hydrogens is 446 g/mol. The first-order valence-corrected chi connectivity index (χ1v) is 18.5. The topological polar surface area (TPSA) is 57.7 Å². The third-order valence-electron chi connectivity index (χ3n) is 6.69. The van der Waals surface area contributed by atoms with Gasteiger partial charge in [-0.25, -0.2) is 0 Å². The number of aromatic nitrogens is 1. The maximum Gasteiger partial charge on any atom is 0.250 e. The number of ether oxygens (including phenoxy) is 2. The van der Waals surface area contributed by atoms with Crippen LogP contribution in [0.5, 0.6) is 17.5 Å². The van der Waals surface area contributed by atoms with Gasteiger partial charge in [0.05, 0.1) is 12.2 Å². The van der Waals surface area contributed by atoms with Crippen LogP contribution in [0, 0.1) is 0 Å². The van der Waals surface area contributed by atoms with E-state index in [4.69, 9.17) is 13.9 Å². The SMILES string of the molecule is CC(C)(C)[Si](C)(C)Oc1cccc2c1CCC2Oc1ccc(C=O)c(OCC[Si](C)(C)C)n1. The van der Waals surface area contributed by atoms with Crippen molar-refractivity contribution in [1.29, 1.82) is 0 Å². The normalized spacial score (nSPS) is 16.3. The van der Waals surface area contributed by atoms with E-state index in [-0.39, 0.29) is 11.1 Å². The van der Waals surface area contributed by atoms with E-state index >= 15 is 0 Å². The highest BCUT2D eigenvalue weighted by molar-refractivity contribution is 6.76. The van der Waals surface area contributed by atoms with Crippen LogP contribution in [-0.2, 0) is 6.42 Å². The molecule has 2 aromatic rings. The minimum absolute atomic E-state index is 0.0904. The fourth-order valence-corrected chi connectivity index (χ4v) is 5.30. The van der Waals surface area contributed by atoms with Gasteiger partial charge in [0.15, 0.2) is 6.29 Å². The summed E-state index contributed by atoms with van der Waals surface area (Å²) < 4.78 is 18.8. The number of aldehydes is 1. The summed E-state index contributed by atoms with van der Waals surface area (Å²) >= 11 is 0. The van der Waals surface area contributed by atoms with Gasteiger partial charge in [0.1, 0.15) is 11.9 Å². The largest absolute Gasteiger partial charge is 0.543 e. The fourth-order valence-electron chi connectivity index (χ4n) is 3.53. The van der Waals surface area contributed by atoms with Crippen LogP contribution in [0.1, 0.15) is 54.8 Å². The van der Waals surface area contributed by atoms with Crippen molar-refractivity contribution < 1.29 is 18.7 Å². The second-order valence-corrected chi connectivity index (χ2v) is 22.0. The van der Waals surface area contributed by atoms with Crippen molar-refractivity contribution in [3.8, 4) is 17.5 Å². The average molecular weight is 486 g/mol. The molecule has 0 bridgehead atoms. The molecule has 0 amide bonds. The second-order valence-electron chi connectivity index (χ2n) is 11.7. The summed E-state index contributed by atoms with van der Waals surface area (Å²) in [7, 11) is -3.17. The van der Waals surface area contributed by atoms with Crippen LogP contribution in [0.3, 0.4) is 0 Å². The van der Waals surface area contributed by atoms with Crippen molar-refractivity contribution in [3.05, 3.63) is 47.0 Å². The van der Waals surface area contributed by atoms with E-state index < -0.39 is 16.4 Å². The molecule has 7 heteroatoms. The molecule has 0 saturated carbocycles. The standard InChI is InChI=1S/C26H39NO4Si2/c1-26(2,3)33(7,8)31-23-11-9-10-20-21(23)13-14-22(20)30-24-15-12-19(18-28)25(27-24)29-16-17-32(4,5)6/h9-12,15,18,22H,13-14,16-17H2,1-8H3. The smallest absolute Gasteiger partial charge is 0.250 e. The van der Waals surface area contributed by atoms with Gasteiger partial charge in [0.25, 0.3) is 0 Å². The number of rotatable bonds is 9. The van der Waals surface area contributed by atoms with Crippen molar-refractivity contribution in [2.45, 2.75) is 83.5 Å². The molecular formula is C26H39NO4Si2. The van der Waals surface area contributed by atoms with Gasteiger partial charge in [-0.15, -0.1) is 0 Å². The molecule has 33 heavy (non-hydrogen) atoms. The molecule has 3 rings (SSSR count). The van der Waals surface area contributed by atoms with E-state index in [1.54, 1.807) is 12.1 Å². The first kappa shape index (κ1) is 25.5. The molecule has 0 fully saturated rings. The number of benzene rings is 1. The number of hydrogen-bond donors (Lipinski definition) is 0. The van der Waals surface area contributed by atoms with E-state index in [1.807, 2.05) is 0 Å². The Balaban J connectivity index is 1.78. The monoisotopic (exact) mass is 485 g/mol. The summed E-state index contributed by atoms with van der Waals surface area (Å²) in [6.45, 7) is 18.8. The molecule has 1 aliphatic carbocycles. The summed E-state index contributed by atoms with van der Waals surface area (Å²) in [5.41, 5.74) is 2.85. The minimum atomic E-state index is -1.93. The van der Waals surface area contributed by atoms with Crippen LogP contribution >= 0.6 is 0 Å². The third-order valence-corrected chi connectivity index (χ3v) is 12.7. The van der Waals surface area contributed by atoms with Crippen LogP contribution in [0.4, 0.5) is 0 Å². The Morgan fingerprint density at radius 3 is 2.45 bits per heavy atom. The van der Waals surface area contributed by atoms with Crippen molar-refractivity contribution in [1.82, 2.24) is 4.98 Å². The van der Waals surface area contributed by atoms with E-state index in [1.165, 1.54) is 5.56 Å². The Bertz CT molecular complexity index is 993. The van der Waals surface area contributed by atoms with Crippen LogP contribution < -0.4 is 13.9 Å². The lowest BCUT2D eigenvalue weighted by Gasteiger charge is -2.37. The molecule has 1 unspecified atom stereocenters. The molecule has 0 aliphatic heterocycles. The lowest BCUT2D eigenvalue weighted by Crippen LogP contribution is -2.44. The number of nitrogens with zero attached hydrogens (tertiary/aromatic N) is 1. The van der Waals surface area contributed by atoms with Gasteiger partial charge in [-0.05, 0) is 60.3 Å². The molecule has 5 nitrogen and oxygen atoms in total. The summed E-state index contributed by atoms with van der Waals surface area (Å²) in [5, 5.41) is 0.139. The Labute approximate surface area is 201 Å². The Hall–Kier alpha value is -2.13. The van der Waals surface area contributed by atoms with Gasteiger partial charge < -0.3 is 13.9 Å². The van der Waals surface area contributed by atoms with Crippen LogP contribution in [0.2, 0.25) is 43.8 Å². The van der Waals surface area contributed by atoms with Crippen molar-refractivity contribution >= 4 is 22.7 Å². The predicted octanol–water partition coefficient (Wildman–Crippen LogP) is 7.06. The molecule has 0 spiro atoms. The van der Waals surface area contributed by atoms with Gasteiger partial charge in [-0.2, -0.15) is 4.98 Å². The van der Waals surface area contributed by atoms with E-state index in [0.717, 1.165) is 36.5 Å². The maximum atomic E-state index is 11.5. The zero-order chi connectivity index (χ0) is 24.4. The average Bonchev–Trinajstić information content (AvgIpc) is 3.10. The molecule has 1 aromatic heterocycles. The first-order chi connectivity index (χ1) is 15.3. The Kier molecular flexibility index (Phi) is 7.43. The number of carbonyl (C=O) groups is 1. The first-order valence-electron chi connectivity index (χ1n) is 11.9. The number of pyridine rings is 1. The molecule has 1 aliphatic rings. The third kappa shape index (κ3) is 6.26. The number of carbonyl (C=O) groups excluding carboxylic acids is 1. The number of fused-ring (bicyclic) bond motifs is 1. The lowest BCUT2D eigenvalue weighted by atomic mass is 10.1. The quantitative estimate of drug-likeness (QED) is 0.281. The number of hydrogen-bond acceptors (Lipinski definition) is 5. The van der Waals surface area contributed by atoms with Crippen LogP contribution in [0.15, 0.2) is 30.3 Å². The summed E-state index contributed by atoms with van der Waals surface area (Å²) in [6, 6.07) is 10.7. The molecule has 1 heterocycles. The summed E-state index contributed by atoms with van der Waals surface area (Å²) in [6.07, 6.45) is 2.48. The van der Waals surface area contributed by atoms with Gasteiger partial charge in [-0.1, -0.05) is 52.5 Å². The molecule has 0 saturated heterocycles. The van der Waals surface area contributed by atoms with Crippen LogP contribution in [0.25, 0.3) is 0 Å². The van der Waals surface area contributed by atoms with Crippen molar-refractivity contribution in [3.63, 3.8) is 0 Å². The highest BCUT2D eigenvalue weighted by Gasteiger charge is 2.40. The zero-order valence-corrected chi connectivity index (χ0v) is 23.5. The highest BCUT2D eigenvalue weighted by atomic mass is 28.4. The van der Waals surface area contributed by atoms with Crippen molar-refractivity contribution in [2.75, 3.05) is 6.61 Å². The summed E-state index contributed by atoms with van der Waals surface area (Å²) in [4.78, 5) is 16.0. The molecule has 0 N–H and O–H groups in total. The van der Waals surface area contributed by atoms with E-state index in [9.17, 15) is 4.79 Å². The molecule has 1 aromatic carbocycles. The van der Waals surface area contributed by atoms with E-state index in [0.29, 0.717) is 23.9 Å². The van der Waals surface area contributed by atoms with Gasteiger partial charge >= 0.3 is 0 Å². The molecule has 180 valence electrons. The van der Waals surface area contributed by atoms with Gasteiger partial charge in [-0.3, -0.25) is 4.79 Å². The fraction of sp³-hybridized carbons (Fsp3) is 0.538. The predicted molar refractivity (Wildman–Crippen MR) is 139 cm³/mol. The highest BCUT2D eigenvalue weighted by Crippen LogP contribution is 2.43. The summed E-state index contributed by atoms with van der Waals surface area (Å²) in [5.74, 6) is 1.83. The van der Waals surface area contributed by atoms with Crippen molar-refractivity contribution in [2.24, 2.45) is 0 Å². The minimum Gasteiger partial charge on any atom is -0.543 e. The molecule has 1 atom stereocenters. The van der Waals surface area contributed by atoms with Gasteiger partial charge in [0.2, 0.25) is 20.1 Å². The van der Waals surface area contributed by atoms with Crippen LogP contribution in [-0.4, -0.2) is 34.3 Å². The van der Waals surface area contributed by atoms with E-state index in [2.05, 4.69) is 76.7 Å². The Morgan fingerprint density at radius 2 is 1.82 bits per heavy atom. The maximum absolute atomic E-state index is 11.5. The zero-order valence-electron chi connectivity index (χ0n) is 21.5. The lowest BCUT2D eigenvalue weighted by molar-refractivity contribution is 0.111. The second kappa shape index (κ2) is 9.62. The molecule has 0 radical (unpaired) electrons.